The number of nitrogens with zero attached hydrogens (tertiary/aromatic N) is 2. The summed E-state index contributed by atoms with van der Waals surface area (Å²) in [7, 11) is 0. The molecule has 2 nitrogen and oxygen atoms in total. The van der Waals surface area contributed by atoms with Crippen molar-refractivity contribution in [1.82, 2.24) is 4.98 Å². The fourth-order valence-electron chi connectivity index (χ4n) is 1.99. The summed E-state index contributed by atoms with van der Waals surface area (Å²) in [4.78, 5) is 4.61. The third-order valence-electron chi connectivity index (χ3n) is 3.04. The van der Waals surface area contributed by atoms with Crippen LogP contribution in [0, 0.1) is 25.2 Å². The van der Waals surface area contributed by atoms with Crippen molar-refractivity contribution in [2.24, 2.45) is 0 Å². The highest BCUT2D eigenvalue weighted by atomic mass is 32.1. The van der Waals surface area contributed by atoms with Crippen LogP contribution in [0.5, 0.6) is 0 Å². The van der Waals surface area contributed by atoms with Gasteiger partial charge in [-0.3, -0.25) is 0 Å². The van der Waals surface area contributed by atoms with Gasteiger partial charge < -0.3 is 0 Å². The van der Waals surface area contributed by atoms with Gasteiger partial charge in [-0.15, -0.1) is 11.3 Å². The molecule has 0 bridgehead atoms. The number of hydrogen-bond acceptors (Lipinski definition) is 3. The van der Waals surface area contributed by atoms with Crippen LogP contribution in [0.15, 0.2) is 23.6 Å². The number of hydrogen-bond donors (Lipinski definition) is 0. The molecule has 0 saturated carbocycles. The molecule has 92 valence electrons. The molecule has 2 rings (SSSR count). The molecular weight excluding hydrogens is 240 g/mol. The Labute approximate surface area is 112 Å². The molecule has 1 atom stereocenters. The molecule has 0 amide bonds. The molecule has 0 N–H and O–H groups in total. The monoisotopic (exact) mass is 256 g/mol. The minimum Gasteiger partial charge on any atom is -0.240 e. The van der Waals surface area contributed by atoms with E-state index in [4.69, 9.17) is 5.26 Å². The Balaban J connectivity index is 2.38. The fourth-order valence-corrected chi connectivity index (χ4v) is 2.94. The summed E-state index contributed by atoms with van der Waals surface area (Å²) >= 11 is 1.58. The Morgan fingerprint density at radius 3 is 2.78 bits per heavy atom. The van der Waals surface area contributed by atoms with Gasteiger partial charge in [-0.2, -0.15) is 5.26 Å². The van der Waals surface area contributed by atoms with E-state index in [0.717, 1.165) is 22.7 Å². The van der Waals surface area contributed by atoms with E-state index < -0.39 is 0 Å². The van der Waals surface area contributed by atoms with Crippen molar-refractivity contribution in [3.05, 3.63) is 39.7 Å². The smallest absolute Gasteiger partial charge is 0.110 e. The molecule has 1 unspecified atom stereocenters. The van der Waals surface area contributed by atoms with Crippen molar-refractivity contribution in [3.63, 3.8) is 0 Å². The van der Waals surface area contributed by atoms with Gasteiger partial charge in [0.2, 0.25) is 0 Å². The predicted molar refractivity (Wildman–Crippen MR) is 75.7 cm³/mol. The number of nitriles is 1. The molecule has 3 heteroatoms. The van der Waals surface area contributed by atoms with Crippen molar-refractivity contribution >= 4 is 11.3 Å². The maximum Gasteiger partial charge on any atom is 0.110 e. The molecule has 18 heavy (non-hydrogen) atoms. The van der Waals surface area contributed by atoms with Gasteiger partial charge >= 0.3 is 0 Å². The van der Waals surface area contributed by atoms with Crippen molar-refractivity contribution in [2.45, 2.75) is 33.1 Å². The van der Waals surface area contributed by atoms with Gasteiger partial charge in [0.15, 0.2) is 0 Å². The third-order valence-corrected chi connectivity index (χ3v) is 4.00. The molecule has 0 aliphatic heterocycles. The number of thiazole rings is 1. The second-order valence-corrected chi connectivity index (χ2v) is 5.37. The van der Waals surface area contributed by atoms with Crippen LogP contribution in [0.25, 0.3) is 11.3 Å². The van der Waals surface area contributed by atoms with Crippen LogP contribution < -0.4 is 0 Å². The van der Waals surface area contributed by atoms with E-state index in [0.29, 0.717) is 0 Å². The van der Waals surface area contributed by atoms with Crippen LogP contribution in [0.4, 0.5) is 0 Å². The molecule has 1 aromatic carbocycles. The zero-order chi connectivity index (χ0) is 13.1. The van der Waals surface area contributed by atoms with E-state index in [9.17, 15) is 0 Å². The lowest BCUT2D eigenvalue weighted by atomic mass is 10.0. The molecule has 0 aliphatic carbocycles. The van der Waals surface area contributed by atoms with Crippen molar-refractivity contribution in [2.75, 3.05) is 0 Å². The molecular formula is C15H16N2S. The van der Waals surface area contributed by atoms with Gasteiger partial charge in [-0.25, -0.2) is 4.98 Å². The summed E-state index contributed by atoms with van der Waals surface area (Å²) < 4.78 is 0. The van der Waals surface area contributed by atoms with Gasteiger partial charge in [0.1, 0.15) is 5.01 Å². The van der Waals surface area contributed by atoms with Crippen LogP contribution in [-0.4, -0.2) is 4.98 Å². The molecule has 1 aromatic heterocycles. The average molecular weight is 256 g/mol. The molecule has 0 spiro atoms. The lowest BCUT2D eigenvalue weighted by molar-refractivity contribution is 0.810. The normalized spacial score (nSPS) is 12.1. The van der Waals surface area contributed by atoms with Gasteiger partial charge in [-0.1, -0.05) is 30.7 Å². The van der Waals surface area contributed by atoms with Gasteiger partial charge in [0.25, 0.3) is 0 Å². The fraction of sp³-hybridized carbons (Fsp3) is 0.333. The van der Waals surface area contributed by atoms with E-state index in [1.54, 1.807) is 11.3 Å². The second kappa shape index (κ2) is 5.32. The van der Waals surface area contributed by atoms with E-state index in [2.05, 4.69) is 43.1 Å². The summed E-state index contributed by atoms with van der Waals surface area (Å²) in [6, 6.07) is 8.68. The van der Waals surface area contributed by atoms with Crippen LogP contribution in [0.3, 0.4) is 0 Å². The van der Waals surface area contributed by atoms with E-state index in [1.165, 1.54) is 11.1 Å². The standard InChI is InChI=1S/C15H16N2S/c1-4-12(8-16)15-17-14(9-18-15)13-6-5-10(2)7-11(13)3/h5-7,9,12H,4H2,1-3H3. The Bertz CT molecular complexity index is 593. The Morgan fingerprint density at radius 1 is 1.39 bits per heavy atom. The summed E-state index contributed by atoms with van der Waals surface area (Å²) in [6.45, 7) is 6.21. The van der Waals surface area contributed by atoms with E-state index in [1.807, 2.05) is 12.3 Å². The molecule has 0 aliphatic rings. The van der Waals surface area contributed by atoms with Crippen LogP contribution in [0.1, 0.15) is 35.4 Å². The number of aryl methyl sites for hydroxylation is 2. The van der Waals surface area contributed by atoms with Crippen molar-refractivity contribution in [1.29, 1.82) is 5.26 Å². The Kier molecular flexibility index (Phi) is 3.78. The molecule has 0 fully saturated rings. The zero-order valence-corrected chi connectivity index (χ0v) is 11.7. The minimum atomic E-state index is -0.0745. The first-order valence-electron chi connectivity index (χ1n) is 6.08. The maximum absolute atomic E-state index is 9.07. The second-order valence-electron chi connectivity index (χ2n) is 4.48. The highest BCUT2D eigenvalue weighted by Gasteiger charge is 2.14. The van der Waals surface area contributed by atoms with Crippen LogP contribution in [-0.2, 0) is 0 Å². The Hall–Kier alpha value is -1.66. The lowest BCUT2D eigenvalue weighted by Crippen LogP contribution is -1.93. The van der Waals surface area contributed by atoms with E-state index >= 15 is 0 Å². The number of aromatic nitrogens is 1. The minimum absolute atomic E-state index is 0.0745. The van der Waals surface area contributed by atoms with Gasteiger partial charge in [0.05, 0.1) is 17.7 Å². The van der Waals surface area contributed by atoms with Crippen LogP contribution in [0.2, 0.25) is 0 Å². The first kappa shape index (κ1) is 12.8. The van der Waals surface area contributed by atoms with E-state index in [-0.39, 0.29) is 5.92 Å². The quantitative estimate of drug-likeness (QED) is 0.813. The topological polar surface area (TPSA) is 36.7 Å². The number of rotatable bonds is 3. The largest absolute Gasteiger partial charge is 0.240 e. The van der Waals surface area contributed by atoms with Crippen molar-refractivity contribution < 1.29 is 0 Å². The Morgan fingerprint density at radius 2 is 2.17 bits per heavy atom. The summed E-state index contributed by atoms with van der Waals surface area (Å²) in [5, 5.41) is 12.0. The SMILES string of the molecule is CCC(C#N)c1nc(-c2ccc(C)cc2C)cs1. The molecule has 0 saturated heterocycles. The molecule has 2 aromatic rings. The van der Waals surface area contributed by atoms with Gasteiger partial charge in [0, 0.05) is 10.9 Å². The summed E-state index contributed by atoms with van der Waals surface area (Å²) in [5.74, 6) is -0.0745. The summed E-state index contributed by atoms with van der Waals surface area (Å²) in [5.41, 5.74) is 4.64. The third kappa shape index (κ3) is 2.44. The summed E-state index contributed by atoms with van der Waals surface area (Å²) in [6.07, 6.45) is 0.816. The van der Waals surface area contributed by atoms with Gasteiger partial charge in [-0.05, 0) is 25.8 Å². The maximum atomic E-state index is 9.07. The highest BCUT2D eigenvalue weighted by molar-refractivity contribution is 7.10. The van der Waals surface area contributed by atoms with Crippen LogP contribution >= 0.6 is 11.3 Å². The van der Waals surface area contributed by atoms with Crippen molar-refractivity contribution in [3.8, 4) is 17.3 Å². The lowest BCUT2D eigenvalue weighted by Gasteiger charge is -2.04. The molecule has 0 radical (unpaired) electrons. The predicted octanol–water partition coefficient (Wildman–Crippen LogP) is 4.44. The number of benzene rings is 1. The zero-order valence-electron chi connectivity index (χ0n) is 10.9. The highest BCUT2D eigenvalue weighted by Crippen LogP contribution is 2.29. The first-order chi connectivity index (χ1) is 8.65. The average Bonchev–Trinajstić information content (AvgIpc) is 2.80. The molecule has 1 heterocycles. The first-order valence-corrected chi connectivity index (χ1v) is 6.96.